The van der Waals surface area contributed by atoms with Crippen LogP contribution in [-0.2, 0) is 6.54 Å². The molecule has 3 heteroatoms. The molecule has 2 aromatic heterocycles. The van der Waals surface area contributed by atoms with Gasteiger partial charge in [-0.2, -0.15) is 0 Å². The van der Waals surface area contributed by atoms with Crippen molar-refractivity contribution in [3.63, 3.8) is 0 Å². The highest BCUT2D eigenvalue weighted by atomic mass is 32.1. The topological polar surface area (TPSA) is 17.8 Å². The standard InChI is InChI=1S/C8H10N2S/c1-3-10-6(2)9-7-4-5-11-8(7)10/h4-5H,3H2,1-2H3. The molecular formula is C8H10N2S. The van der Waals surface area contributed by atoms with Crippen molar-refractivity contribution in [3.05, 3.63) is 17.3 Å². The van der Waals surface area contributed by atoms with Crippen molar-refractivity contribution < 1.29 is 0 Å². The van der Waals surface area contributed by atoms with Gasteiger partial charge in [0.1, 0.15) is 10.7 Å². The smallest absolute Gasteiger partial charge is 0.122 e. The second-order valence-corrected chi connectivity index (χ2v) is 3.41. The van der Waals surface area contributed by atoms with E-state index in [0.717, 1.165) is 17.9 Å². The summed E-state index contributed by atoms with van der Waals surface area (Å²) in [7, 11) is 0. The largest absolute Gasteiger partial charge is 0.320 e. The predicted octanol–water partition coefficient (Wildman–Crippen LogP) is 2.43. The van der Waals surface area contributed by atoms with E-state index >= 15 is 0 Å². The first kappa shape index (κ1) is 6.85. The molecule has 2 aromatic rings. The maximum Gasteiger partial charge on any atom is 0.122 e. The quantitative estimate of drug-likeness (QED) is 0.636. The van der Waals surface area contributed by atoms with Gasteiger partial charge in [-0.3, -0.25) is 0 Å². The van der Waals surface area contributed by atoms with E-state index < -0.39 is 0 Å². The summed E-state index contributed by atoms with van der Waals surface area (Å²) in [6.45, 7) is 5.22. The van der Waals surface area contributed by atoms with Gasteiger partial charge in [0.05, 0.1) is 5.52 Å². The van der Waals surface area contributed by atoms with Gasteiger partial charge in [-0.25, -0.2) is 4.98 Å². The predicted molar refractivity (Wildman–Crippen MR) is 48.0 cm³/mol. The number of thiophene rings is 1. The van der Waals surface area contributed by atoms with Gasteiger partial charge in [0.15, 0.2) is 0 Å². The fourth-order valence-electron chi connectivity index (χ4n) is 1.34. The highest BCUT2D eigenvalue weighted by Crippen LogP contribution is 2.21. The third kappa shape index (κ3) is 0.878. The van der Waals surface area contributed by atoms with E-state index in [1.807, 2.05) is 0 Å². The Hall–Kier alpha value is -0.830. The summed E-state index contributed by atoms with van der Waals surface area (Å²) in [5.41, 5.74) is 1.13. The van der Waals surface area contributed by atoms with Crippen LogP contribution in [0.2, 0.25) is 0 Å². The minimum Gasteiger partial charge on any atom is -0.320 e. The van der Waals surface area contributed by atoms with Gasteiger partial charge in [-0.05, 0) is 25.3 Å². The van der Waals surface area contributed by atoms with Gasteiger partial charge >= 0.3 is 0 Å². The minimum absolute atomic E-state index is 1.02. The van der Waals surface area contributed by atoms with Crippen LogP contribution in [0, 0.1) is 6.92 Å². The Morgan fingerprint density at radius 3 is 3.18 bits per heavy atom. The van der Waals surface area contributed by atoms with Gasteiger partial charge in [-0.1, -0.05) is 0 Å². The number of aryl methyl sites for hydroxylation is 2. The maximum absolute atomic E-state index is 4.42. The Balaban J connectivity index is 2.80. The van der Waals surface area contributed by atoms with Gasteiger partial charge in [-0.15, -0.1) is 11.3 Å². The van der Waals surface area contributed by atoms with E-state index in [1.54, 1.807) is 11.3 Å². The molecule has 0 aliphatic rings. The van der Waals surface area contributed by atoms with Crippen molar-refractivity contribution >= 4 is 21.7 Å². The third-order valence-electron chi connectivity index (χ3n) is 1.86. The van der Waals surface area contributed by atoms with Crippen LogP contribution < -0.4 is 0 Å². The summed E-state index contributed by atoms with van der Waals surface area (Å²) in [5.74, 6) is 1.12. The zero-order chi connectivity index (χ0) is 7.84. The van der Waals surface area contributed by atoms with E-state index in [1.165, 1.54) is 4.83 Å². The Kier molecular flexibility index (Phi) is 1.46. The highest BCUT2D eigenvalue weighted by Gasteiger charge is 2.05. The number of rotatable bonds is 1. The number of hydrogen-bond donors (Lipinski definition) is 0. The molecule has 0 amide bonds. The van der Waals surface area contributed by atoms with E-state index in [-0.39, 0.29) is 0 Å². The van der Waals surface area contributed by atoms with Gasteiger partial charge in [0.2, 0.25) is 0 Å². The highest BCUT2D eigenvalue weighted by molar-refractivity contribution is 7.16. The van der Waals surface area contributed by atoms with E-state index in [0.29, 0.717) is 0 Å². The molecule has 0 fully saturated rings. The Bertz CT molecular complexity index is 372. The number of aromatic nitrogens is 2. The molecule has 0 saturated heterocycles. The summed E-state index contributed by atoms with van der Waals surface area (Å²) in [4.78, 5) is 5.71. The molecule has 0 spiro atoms. The van der Waals surface area contributed by atoms with Crippen molar-refractivity contribution in [2.75, 3.05) is 0 Å². The van der Waals surface area contributed by atoms with Crippen molar-refractivity contribution in [1.82, 2.24) is 9.55 Å². The van der Waals surface area contributed by atoms with E-state index in [2.05, 4.69) is 34.8 Å². The molecule has 0 aliphatic carbocycles. The number of fused-ring (bicyclic) bond motifs is 1. The molecule has 2 rings (SSSR count). The van der Waals surface area contributed by atoms with Crippen LogP contribution in [0.15, 0.2) is 11.4 Å². The molecule has 0 bridgehead atoms. The zero-order valence-corrected chi connectivity index (χ0v) is 7.48. The summed E-state index contributed by atoms with van der Waals surface area (Å²) >= 11 is 1.76. The van der Waals surface area contributed by atoms with Crippen LogP contribution in [0.25, 0.3) is 10.3 Å². The Morgan fingerprint density at radius 1 is 1.64 bits per heavy atom. The first-order valence-electron chi connectivity index (χ1n) is 3.73. The van der Waals surface area contributed by atoms with Crippen LogP contribution in [-0.4, -0.2) is 9.55 Å². The maximum atomic E-state index is 4.42. The molecule has 0 atom stereocenters. The lowest BCUT2D eigenvalue weighted by Gasteiger charge is -1.97. The monoisotopic (exact) mass is 166 g/mol. The van der Waals surface area contributed by atoms with Gasteiger partial charge in [0, 0.05) is 6.54 Å². The van der Waals surface area contributed by atoms with Crippen molar-refractivity contribution in [2.24, 2.45) is 0 Å². The second-order valence-electron chi connectivity index (χ2n) is 2.51. The molecule has 0 unspecified atom stereocenters. The normalized spacial score (nSPS) is 11.1. The van der Waals surface area contributed by atoms with Crippen LogP contribution in [0.4, 0.5) is 0 Å². The van der Waals surface area contributed by atoms with Crippen molar-refractivity contribution in [2.45, 2.75) is 20.4 Å². The van der Waals surface area contributed by atoms with E-state index in [9.17, 15) is 0 Å². The fraction of sp³-hybridized carbons (Fsp3) is 0.375. The lowest BCUT2D eigenvalue weighted by Crippen LogP contribution is -1.94. The molecule has 2 heterocycles. The molecule has 0 aliphatic heterocycles. The van der Waals surface area contributed by atoms with E-state index in [4.69, 9.17) is 0 Å². The molecule has 11 heavy (non-hydrogen) atoms. The summed E-state index contributed by atoms with van der Waals surface area (Å²) < 4.78 is 2.24. The minimum atomic E-state index is 1.02. The fourth-order valence-corrected chi connectivity index (χ4v) is 2.28. The third-order valence-corrected chi connectivity index (χ3v) is 2.78. The van der Waals surface area contributed by atoms with Gasteiger partial charge in [0.25, 0.3) is 0 Å². The van der Waals surface area contributed by atoms with Crippen LogP contribution in [0.5, 0.6) is 0 Å². The summed E-state index contributed by atoms with van der Waals surface area (Å²) in [6, 6.07) is 2.07. The molecule has 0 aromatic carbocycles. The Labute approximate surface area is 69.5 Å². The molecule has 0 radical (unpaired) electrons. The number of hydrogen-bond acceptors (Lipinski definition) is 2. The zero-order valence-electron chi connectivity index (χ0n) is 6.66. The molecule has 0 saturated carbocycles. The van der Waals surface area contributed by atoms with Crippen LogP contribution >= 0.6 is 11.3 Å². The first-order valence-corrected chi connectivity index (χ1v) is 4.61. The number of imidazole rings is 1. The van der Waals surface area contributed by atoms with Gasteiger partial charge < -0.3 is 4.57 Å². The number of nitrogens with zero attached hydrogens (tertiary/aromatic N) is 2. The molecule has 0 N–H and O–H groups in total. The lowest BCUT2D eigenvalue weighted by molar-refractivity contribution is 0.757. The average Bonchev–Trinajstić information content (AvgIpc) is 2.46. The van der Waals surface area contributed by atoms with Crippen LogP contribution in [0.3, 0.4) is 0 Å². The Morgan fingerprint density at radius 2 is 2.45 bits per heavy atom. The van der Waals surface area contributed by atoms with Crippen LogP contribution in [0.1, 0.15) is 12.7 Å². The first-order chi connectivity index (χ1) is 5.33. The average molecular weight is 166 g/mol. The lowest BCUT2D eigenvalue weighted by atomic mass is 10.6. The summed E-state index contributed by atoms with van der Waals surface area (Å²) in [5, 5.41) is 2.09. The molecular weight excluding hydrogens is 156 g/mol. The molecule has 2 nitrogen and oxygen atoms in total. The SMILES string of the molecule is CCn1c(C)nc2ccsc21. The van der Waals surface area contributed by atoms with Crippen molar-refractivity contribution in [1.29, 1.82) is 0 Å². The second kappa shape index (κ2) is 2.34. The summed E-state index contributed by atoms with van der Waals surface area (Å²) in [6.07, 6.45) is 0. The molecule has 58 valence electrons. The van der Waals surface area contributed by atoms with Crippen molar-refractivity contribution in [3.8, 4) is 0 Å².